The van der Waals surface area contributed by atoms with Crippen LogP contribution in [0.2, 0.25) is 0 Å². The highest BCUT2D eigenvalue weighted by atomic mass is 32.2. The fourth-order valence-corrected chi connectivity index (χ4v) is 5.11. The summed E-state index contributed by atoms with van der Waals surface area (Å²) < 4.78 is 39.7. The van der Waals surface area contributed by atoms with Crippen LogP contribution in [-0.4, -0.2) is 64.9 Å². The lowest BCUT2D eigenvalue weighted by Gasteiger charge is -2.32. The largest absolute Gasteiger partial charge is 0.453 e. The van der Waals surface area contributed by atoms with Crippen molar-refractivity contribution in [1.82, 2.24) is 14.3 Å². The van der Waals surface area contributed by atoms with Gasteiger partial charge in [-0.05, 0) is 43.6 Å². The summed E-state index contributed by atoms with van der Waals surface area (Å²) in [6.45, 7) is 0.713. The van der Waals surface area contributed by atoms with E-state index in [2.05, 4.69) is 33.7 Å². The lowest BCUT2D eigenvalue weighted by atomic mass is 9.83. The number of likely N-dealkylation sites (tertiary alicyclic amines) is 1. The minimum atomic E-state index is -3.61. The van der Waals surface area contributed by atoms with E-state index in [0.717, 1.165) is 25.7 Å². The van der Waals surface area contributed by atoms with Crippen molar-refractivity contribution >= 4 is 16.3 Å². The van der Waals surface area contributed by atoms with Crippen molar-refractivity contribution in [2.24, 2.45) is 0 Å². The van der Waals surface area contributed by atoms with Crippen LogP contribution in [-0.2, 0) is 19.7 Å². The van der Waals surface area contributed by atoms with Gasteiger partial charge in [-0.3, -0.25) is 0 Å². The molecule has 1 aromatic carbocycles. The number of benzene rings is 1. The van der Waals surface area contributed by atoms with Crippen molar-refractivity contribution in [3.63, 3.8) is 0 Å². The van der Waals surface area contributed by atoms with Crippen LogP contribution in [0.4, 0.5) is 4.79 Å². The van der Waals surface area contributed by atoms with Crippen molar-refractivity contribution in [2.75, 3.05) is 27.3 Å². The molecule has 0 radical (unpaired) electrons. The van der Waals surface area contributed by atoms with Crippen molar-refractivity contribution in [3.05, 3.63) is 35.9 Å². The van der Waals surface area contributed by atoms with Crippen LogP contribution in [0, 0.1) is 0 Å². The molecular formula is C20H31N3O5S. The number of nitrogens with zero attached hydrogens (tertiary/aromatic N) is 1. The molecule has 2 atom stereocenters. The highest BCUT2D eigenvalue weighted by molar-refractivity contribution is 7.87. The fourth-order valence-electron chi connectivity index (χ4n) is 4.32. The molecule has 1 amide bonds. The molecule has 2 fully saturated rings. The fraction of sp³-hybridized carbons (Fsp3) is 0.650. The molecule has 2 N–H and O–H groups in total. The highest BCUT2D eigenvalue weighted by Gasteiger charge is 2.40. The Hall–Kier alpha value is -1.68. The van der Waals surface area contributed by atoms with Gasteiger partial charge in [0.05, 0.1) is 25.9 Å². The molecule has 29 heavy (non-hydrogen) atoms. The van der Waals surface area contributed by atoms with Gasteiger partial charge in [0.15, 0.2) is 0 Å². The number of carbonyl (C=O) groups is 1. The van der Waals surface area contributed by atoms with E-state index in [0.29, 0.717) is 18.9 Å². The number of ether oxygens (including phenoxy) is 2. The number of hydrogen-bond acceptors (Lipinski definition) is 5. The summed E-state index contributed by atoms with van der Waals surface area (Å²) in [6, 6.07) is 9.74. The van der Waals surface area contributed by atoms with Gasteiger partial charge in [0, 0.05) is 19.6 Å². The summed E-state index contributed by atoms with van der Waals surface area (Å²) in [4.78, 5) is 13.7. The van der Waals surface area contributed by atoms with E-state index in [9.17, 15) is 13.2 Å². The number of nitrogens with one attached hydrogen (secondary N) is 2. The Bertz CT molecular complexity index is 766. The van der Waals surface area contributed by atoms with E-state index in [1.807, 2.05) is 6.07 Å². The van der Waals surface area contributed by atoms with Gasteiger partial charge >= 0.3 is 6.09 Å². The number of methoxy groups -OCH3 is 1. The third-order valence-corrected chi connectivity index (χ3v) is 7.13. The zero-order valence-corrected chi connectivity index (χ0v) is 17.9. The molecule has 1 saturated carbocycles. The zero-order chi connectivity index (χ0) is 20.9. The number of rotatable bonds is 7. The van der Waals surface area contributed by atoms with E-state index in [1.54, 1.807) is 4.90 Å². The monoisotopic (exact) mass is 425 g/mol. The quantitative estimate of drug-likeness (QED) is 0.696. The molecule has 1 aliphatic heterocycles. The van der Waals surface area contributed by atoms with Gasteiger partial charge in [-0.25, -0.2) is 9.52 Å². The van der Waals surface area contributed by atoms with Gasteiger partial charge in [-0.15, -0.1) is 0 Å². The van der Waals surface area contributed by atoms with Crippen LogP contribution in [0.3, 0.4) is 0 Å². The highest BCUT2D eigenvalue weighted by Crippen LogP contribution is 2.34. The molecule has 1 aromatic rings. The normalized spacial score (nSPS) is 27.7. The first-order valence-electron chi connectivity index (χ1n) is 10.2. The number of hydrogen-bond donors (Lipinski definition) is 2. The topological polar surface area (TPSA) is 97.0 Å². The van der Waals surface area contributed by atoms with E-state index >= 15 is 0 Å². The standard InChI is InChI=1S/C20H31N3O5S/c1-21-29(25,26)22-18-12-13-23(20(24)27-2)19(18)14-28-17-10-8-16(9-11-17)15-6-4-3-5-7-15/h3-7,16-19,21-22H,8-14H2,1-2H3/t16?,17?,18-,19-/m0/s1. The maximum Gasteiger partial charge on any atom is 0.409 e. The Morgan fingerprint density at radius 1 is 1.14 bits per heavy atom. The van der Waals surface area contributed by atoms with E-state index in [4.69, 9.17) is 9.47 Å². The summed E-state index contributed by atoms with van der Waals surface area (Å²) in [5.41, 5.74) is 1.38. The molecule has 1 heterocycles. The van der Waals surface area contributed by atoms with Crippen LogP contribution in [0.15, 0.2) is 30.3 Å². The predicted octanol–water partition coefficient (Wildman–Crippen LogP) is 1.99. The molecular weight excluding hydrogens is 394 g/mol. The molecule has 3 rings (SSSR count). The summed E-state index contributed by atoms with van der Waals surface area (Å²) in [5.74, 6) is 0.560. The van der Waals surface area contributed by atoms with Gasteiger partial charge in [-0.2, -0.15) is 13.1 Å². The number of carbonyl (C=O) groups excluding carboxylic acids is 1. The van der Waals surface area contributed by atoms with E-state index in [-0.39, 0.29) is 12.7 Å². The van der Waals surface area contributed by atoms with Crippen molar-refractivity contribution in [2.45, 2.75) is 56.2 Å². The lowest BCUT2D eigenvalue weighted by molar-refractivity contribution is -0.00536. The zero-order valence-electron chi connectivity index (χ0n) is 17.0. The van der Waals surface area contributed by atoms with Crippen LogP contribution in [0.5, 0.6) is 0 Å². The Kier molecular flexibility index (Phi) is 7.50. The van der Waals surface area contributed by atoms with Crippen LogP contribution in [0.1, 0.15) is 43.6 Å². The Labute approximate surface area is 173 Å². The third kappa shape index (κ3) is 5.69. The lowest BCUT2D eigenvalue weighted by Crippen LogP contribution is -2.51. The molecule has 8 nitrogen and oxygen atoms in total. The van der Waals surface area contributed by atoms with Crippen molar-refractivity contribution < 1.29 is 22.7 Å². The molecule has 0 unspecified atom stereocenters. The first kappa shape index (κ1) is 22.0. The van der Waals surface area contributed by atoms with Crippen LogP contribution in [0.25, 0.3) is 0 Å². The smallest absolute Gasteiger partial charge is 0.409 e. The summed E-state index contributed by atoms with van der Waals surface area (Å²) in [6.07, 6.45) is 4.22. The summed E-state index contributed by atoms with van der Waals surface area (Å²) in [7, 11) is -0.924. The Morgan fingerprint density at radius 2 is 1.83 bits per heavy atom. The second-order valence-corrected chi connectivity index (χ2v) is 9.32. The molecule has 0 bridgehead atoms. The second-order valence-electron chi connectivity index (χ2n) is 7.67. The predicted molar refractivity (Wildman–Crippen MR) is 110 cm³/mol. The average Bonchev–Trinajstić information content (AvgIpc) is 3.14. The molecule has 1 aliphatic carbocycles. The van der Waals surface area contributed by atoms with Gasteiger partial charge in [0.1, 0.15) is 0 Å². The Balaban J connectivity index is 1.56. The molecule has 0 spiro atoms. The molecule has 0 aromatic heterocycles. The van der Waals surface area contributed by atoms with Crippen LogP contribution >= 0.6 is 0 Å². The summed E-state index contributed by atoms with van der Waals surface area (Å²) in [5, 5.41) is 0. The maximum atomic E-state index is 12.1. The molecule has 2 aliphatic rings. The first-order chi connectivity index (χ1) is 13.9. The van der Waals surface area contributed by atoms with Crippen molar-refractivity contribution in [1.29, 1.82) is 0 Å². The third-order valence-electron chi connectivity index (χ3n) is 5.98. The Morgan fingerprint density at radius 3 is 2.45 bits per heavy atom. The minimum Gasteiger partial charge on any atom is -0.453 e. The van der Waals surface area contributed by atoms with E-state index < -0.39 is 28.4 Å². The number of amides is 1. The second kappa shape index (κ2) is 9.88. The minimum absolute atomic E-state index is 0.122. The van der Waals surface area contributed by atoms with Gasteiger partial charge < -0.3 is 14.4 Å². The molecule has 9 heteroatoms. The van der Waals surface area contributed by atoms with Gasteiger partial charge in [0.2, 0.25) is 0 Å². The SMILES string of the molecule is CNS(=O)(=O)N[C@H]1CCN(C(=O)OC)[C@H]1COC1CCC(c2ccccc2)CC1. The van der Waals surface area contributed by atoms with Gasteiger partial charge in [0.25, 0.3) is 10.2 Å². The van der Waals surface area contributed by atoms with Gasteiger partial charge in [-0.1, -0.05) is 30.3 Å². The average molecular weight is 426 g/mol. The summed E-state index contributed by atoms with van der Waals surface area (Å²) >= 11 is 0. The molecule has 162 valence electrons. The van der Waals surface area contributed by atoms with Crippen molar-refractivity contribution in [3.8, 4) is 0 Å². The van der Waals surface area contributed by atoms with Crippen LogP contribution < -0.4 is 9.44 Å². The first-order valence-corrected chi connectivity index (χ1v) is 11.6. The van der Waals surface area contributed by atoms with E-state index in [1.165, 1.54) is 19.7 Å². The maximum absolute atomic E-state index is 12.1. The molecule has 1 saturated heterocycles.